The van der Waals surface area contributed by atoms with Gasteiger partial charge in [-0.25, -0.2) is 0 Å². The van der Waals surface area contributed by atoms with Gasteiger partial charge in [-0.2, -0.15) is 8.42 Å². The molecule has 2 aromatic carbocycles. The molecule has 0 aliphatic carbocycles. The Hall–Kier alpha value is -1.69. The largest absolute Gasteiger partial charge is 0.299 e. The topological polar surface area (TPSA) is 46.6 Å². The highest BCUT2D eigenvalue weighted by Crippen LogP contribution is 2.35. The molecule has 0 spiro atoms. The molecule has 0 bridgehead atoms. The van der Waals surface area contributed by atoms with E-state index in [0.29, 0.717) is 4.90 Å². The third-order valence-electron chi connectivity index (χ3n) is 5.07. The highest BCUT2D eigenvalue weighted by Gasteiger charge is 2.30. The van der Waals surface area contributed by atoms with Crippen molar-refractivity contribution in [2.45, 2.75) is 63.5 Å². The molecule has 1 heterocycles. The lowest BCUT2D eigenvalue weighted by atomic mass is 9.88. The summed E-state index contributed by atoms with van der Waals surface area (Å²) in [5.41, 5.74) is 2.55. The van der Waals surface area contributed by atoms with Crippen LogP contribution in [-0.4, -0.2) is 32.0 Å². The quantitative estimate of drug-likeness (QED) is 0.670. The van der Waals surface area contributed by atoms with Crippen LogP contribution in [0.1, 0.15) is 56.2 Å². The molecule has 0 radical (unpaired) electrons. The summed E-state index contributed by atoms with van der Waals surface area (Å²) >= 11 is 0. The standard InChI is InChI=1S/C23H31NO3S/c1-18-10-11-22(28(25,26)27-23(2,3)4)21(16-18)20-12-14-24(15-13-20)17-19-8-6-5-7-9-19/h5-11,16,20H,12-15,17H2,1-4H3. The Bertz CT molecular complexity index is 893. The Morgan fingerprint density at radius 1 is 1.04 bits per heavy atom. The van der Waals surface area contributed by atoms with E-state index in [4.69, 9.17) is 4.18 Å². The number of rotatable bonds is 5. The minimum absolute atomic E-state index is 0.236. The molecule has 28 heavy (non-hydrogen) atoms. The Balaban J connectivity index is 1.76. The number of hydrogen-bond acceptors (Lipinski definition) is 4. The van der Waals surface area contributed by atoms with E-state index in [-0.39, 0.29) is 5.92 Å². The summed E-state index contributed by atoms with van der Waals surface area (Å²) in [6.45, 7) is 10.2. The molecule has 5 heteroatoms. The smallest absolute Gasteiger partial charge is 0.297 e. The normalized spacial score (nSPS) is 17.0. The minimum atomic E-state index is -3.79. The second-order valence-corrected chi connectivity index (χ2v) is 10.2. The first-order valence-corrected chi connectivity index (χ1v) is 11.4. The Morgan fingerprint density at radius 2 is 1.68 bits per heavy atom. The van der Waals surface area contributed by atoms with Crippen LogP contribution >= 0.6 is 0 Å². The van der Waals surface area contributed by atoms with Crippen LogP contribution in [-0.2, 0) is 20.8 Å². The molecular formula is C23H31NO3S. The van der Waals surface area contributed by atoms with Crippen molar-refractivity contribution in [1.29, 1.82) is 0 Å². The monoisotopic (exact) mass is 401 g/mol. The Labute approximate surface area is 169 Å². The Kier molecular flexibility index (Phi) is 6.28. The van der Waals surface area contributed by atoms with Crippen molar-refractivity contribution in [1.82, 2.24) is 4.90 Å². The molecule has 0 saturated carbocycles. The van der Waals surface area contributed by atoms with Gasteiger partial charge in [-0.1, -0.05) is 48.0 Å². The van der Waals surface area contributed by atoms with Crippen molar-refractivity contribution in [3.8, 4) is 0 Å². The maximum Gasteiger partial charge on any atom is 0.297 e. The zero-order chi connectivity index (χ0) is 20.4. The fourth-order valence-corrected chi connectivity index (χ4v) is 5.33. The molecule has 0 unspecified atom stereocenters. The van der Waals surface area contributed by atoms with Crippen LogP contribution in [0.15, 0.2) is 53.4 Å². The van der Waals surface area contributed by atoms with Crippen LogP contribution in [0.5, 0.6) is 0 Å². The molecule has 1 fully saturated rings. The van der Waals surface area contributed by atoms with Crippen molar-refractivity contribution < 1.29 is 12.6 Å². The average molecular weight is 402 g/mol. The van der Waals surface area contributed by atoms with Gasteiger partial charge in [-0.3, -0.25) is 9.08 Å². The van der Waals surface area contributed by atoms with Gasteiger partial charge in [-0.05, 0) is 76.7 Å². The van der Waals surface area contributed by atoms with Gasteiger partial charge in [0.1, 0.15) is 0 Å². The lowest BCUT2D eigenvalue weighted by Crippen LogP contribution is -2.33. The van der Waals surface area contributed by atoms with Crippen molar-refractivity contribution in [3.05, 3.63) is 65.2 Å². The predicted molar refractivity (Wildman–Crippen MR) is 113 cm³/mol. The van der Waals surface area contributed by atoms with Gasteiger partial charge in [0.15, 0.2) is 0 Å². The zero-order valence-corrected chi connectivity index (χ0v) is 18.1. The van der Waals surface area contributed by atoms with E-state index < -0.39 is 15.7 Å². The first-order valence-electron chi connectivity index (χ1n) is 9.96. The third-order valence-corrected chi connectivity index (χ3v) is 6.70. The fourth-order valence-electron chi connectivity index (χ4n) is 3.83. The van der Waals surface area contributed by atoms with E-state index in [1.807, 2.05) is 25.1 Å². The molecule has 0 N–H and O–H groups in total. The van der Waals surface area contributed by atoms with Crippen molar-refractivity contribution in [2.24, 2.45) is 0 Å². The SMILES string of the molecule is Cc1ccc(S(=O)(=O)OC(C)(C)C)c(C2CCN(Cc3ccccc3)CC2)c1. The first-order chi connectivity index (χ1) is 13.1. The maximum absolute atomic E-state index is 12.9. The third kappa shape index (κ3) is 5.43. The summed E-state index contributed by atoms with van der Waals surface area (Å²) in [5.74, 6) is 0.236. The number of hydrogen-bond donors (Lipinski definition) is 0. The second kappa shape index (κ2) is 8.36. The van der Waals surface area contributed by atoms with Gasteiger partial charge in [0.05, 0.1) is 10.5 Å². The summed E-state index contributed by atoms with van der Waals surface area (Å²) < 4.78 is 31.2. The van der Waals surface area contributed by atoms with Crippen LogP contribution in [0.3, 0.4) is 0 Å². The van der Waals surface area contributed by atoms with Gasteiger partial charge >= 0.3 is 0 Å². The molecular weight excluding hydrogens is 370 g/mol. The highest BCUT2D eigenvalue weighted by molar-refractivity contribution is 7.86. The molecule has 152 valence electrons. The summed E-state index contributed by atoms with van der Waals surface area (Å²) in [5, 5.41) is 0. The number of nitrogens with zero attached hydrogens (tertiary/aromatic N) is 1. The second-order valence-electron chi connectivity index (χ2n) is 8.73. The number of likely N-dealkylation sites (tertiary alicyclic amines) is 1. The summed E-state index contributed by atoms with van der Waals surface area (Å²) in [7, 11) is -3.79. The zero-order valence-electron chi connectivity index (χ0n) is 17.3. The van der Waals surface area contributed by atoms with E-state index in [1.165, 1.54) is 5.56 Å². The average Bonchev–Trinajstić information content (AvgIpc) is 2.61. The van der Waals surface area contributed by atoms with E-state index in [0.717, 1.165) is 43.6 Å². The highest BCUT2D eigenvalue weighted by atomic mass is 32.2. The molecule has 0 amide bonds. The van der Waals surface area contributed by atoms with Crippen LogP contribution < -0.4 is 0 Å². The van der Waals surface area contributed by atoms with Gasteiger partial charge in [0, 0.05) is 6.54 Å². The molecule has 1 aliphatic rings. The van der Waals surface area contributed by atoms with Crippen molar-refractivity contribution >= 4 is 10.1 Å². The van der Waals surface area contributed by atoms with E-state index >= 15 is 0 Å². The summed E-state index contributed by atoms with van der Waals surface area (Å²) in [6, 6.07) is 16.1. The molecule has 0 aromatic heterocycles. The van der Waals surface area contributed by atoms with Crippen LogP contribution in [0.2, 0.25) is 0 Å². The van der Waals surface area contributed by atoms with Gasteiger partial charge < -0.3 is 0 Å². The van der Waals surface area contributed by atoms with Crippen molar-refractivity contribution in [3.63, 3.8) is 0 Å². The number of aryl methyl sites for hydroxylation is 1. The molecule has 2 aromatic rings. The molecule has 3 rings (SSSR count). The lowest BCUT2D eigenvalue weighted by Gasteiger charge is -2.33. The molecule has 1 aliphatic heterocycles. The molecule has 0 atom stereocenters. The van der Waals surface area contributed by atoms with E-state index in [9.17, 15) is 8.42 Å². The van der Waals surface area contributed by atoms with Crippen LogP contribution in [0.25, 0.3) is 0 Å². The number of benzene rings is 2. The molecule has 1 saturated heterocycles. The minimum Gasteiger partial charge on any atom is -0.299 e. The van der Waals surface area contributed by atoms with Crippen LogP contribution in [0.4, 0.5) is 0 Å². The van der Waals surface area contributed by atoms with Crippen LogP contribution in [0, 0.1) is 6.92 Å². The lowest BCUT2D eigenvalue weighted by molar-refractivity contribution is 0.139. The summed E-state index contributed by atoms with van der Waals surface area (Å²) in [6.07, 6.45) is 1.91. The predicted octanol–water partition coefficient (Wildman–Crippen LogP) is 4.88. The molecule has 4 nitrogen and oxygen atoms in total. The fraction of sp³-hybridized carbons (Fsp3) is 0.478. The Morgan fingerprint density at radius 3 is 2.29 bits per heavy atom. The van der Waals surface area contributed by atoms with Gasteiger partial charge in [0.2, 0.25) is 0 Å². The van der Waals surface area contributed by atoms with E-state index in [2.05, 4.69) is 29.2 Å². The number of piperidine rings is 1. The maximum atomic E-state index is 12.9. The summed E-state index contributed by atoms with van der Waals surface area (Å²) in [4.78, 5) is 2.77. The van der Waals surface area contributed by atoms with E-state index in [1.54, 1.807) is 26.8 Å². The van der Waals surface area contributed by atoms with Gasteiger partial charge in [0.25, 0.3) is 10.1 Å². The first kappa shape index (κ1) is 21.0. The van der Waals surface area contributed by atoms with Gasteiger partial charge in [-0.15, -0.1) is 0 Å². The van der Waals surface area contributed by atoms with Crippen molar-refractivity contribution in [2.75, 3.05) is 13.1 Å².